The van der Waals surface area contributed by atoms with E-state index in [1.165, 1.54) is 4.90 Å². The van der Waals surface area contributed by atoms with Crippen molar-refractivity contribution in [2.24, 2.45) is 11.8 Å². The number of carbonyl (C=O) groups excluding carboxylic acids is 1. The lowest BCUT2D eigenvalue weighted by Crippen LogP contribution is -2.42. The van der Waals surface area contributed by atoms with E-state index in [4.69, 9.17) is 5.11 Å². The maximum Gasteiger partial charge on any atom is 0.308 e. The molecule has 1 unspecified atom stereocenters. The van der Waals surface area contributed by atoms with E-state index in [-0.39, 0.29) is 36.3 Å². The number of hydrogen-bond donors (Lipinski definition) is 1. The van der Waals surface area contributed by atoms with Gasteiger partial charge in [-0.1, -0.05) is 13.8 Å². The van der Waals surface area contributed by atoms with Gasteiger partial charge in [0, 0.05) is 19.5 Å². The van der Waals surface area contributed by atoms with Crippen LogP contribution in [-0.2, 0) is 19.4 Å². The van der Waals surface area contributed by atoms with Crippen LogP contribution in [0.25, 0.3) is 0 Å². The summed E-state index contributed by atoms with van der Waals surface area (Å²) < 4.78 is 23.5. The zero-order valence-corrected chi connectivity index (χ0v) is 12.9. The fraction of sp³-hybridized carbons (Fsp3) is 0.846. The molecular weight excluding hydrogens is 282 g/mol. The summed E-state index contributed by atoms with van der Waals surface area (Å²) in [5.74, 6) is -1.71. The summed E-state index contributed by atoms with van der Waals surface area (Å²) in [6.45, 7) is 4.36. The second-order valence-corrected chi connectivity index (χ2v) is 8.00. The summed E-state index contributed by atoms with van der Waals surface area (Å²) in [5.41, 5.74) is 0. The van der Waals surface area contributed by atoms with E-state index in [9.17, 15) is 18.0 Å². The van der Waals surface area contributed by atoms with Crippen LogP contribution in [0, 0.1) is 11.8 Å². The van der Waals surface area contributed by atoms with Crippen LogP contribution in [0.3, 0.4) is 0 Å². The molecule has 0 bridgehead atoms. The highest BCUT2D eigenvalue weighted by Gasteiger charge is 2.28. The average Bonchev–Trinajstić information content (AvgIpc) is 2.34. The standard InChI is InChI=1S/C13H23NO5S/c1-10(2)9-20(18,19)7-5-12(15)14-6-3-4-11(8-14)13(16)17/h10-11H,3-9H2,1-2H3,(H,16,17). The van der Waals surface area contributed by atoms with Crippen LogP contribution in [0.15, 0.2) is 0 Å². The minimum Gasteiger partial charge on any atom is -0.481 e. The molecule has 0 aliphatic carbocycles. The molecule has 7 heteroatoms. The second kappa shape index (κ2) is 7.06. The molecule has 1 aliphatic rings. The fourth-order valence-electron chi connectivity index (χ4n) is 2.40. The van der Waals surface area contributed by atoms with Crippen LogP contribution in [0.5, 0.6) is 0 Å². The summed E-state index contributed by atoms with van der Waals surface area (Å²) in [7, 11) is -3.21. The third kappa shape index (κ3) is 5.48. The van der Waals surface area contributed by atoms with Gasteiger partial charge in [-0.2, -0.15) is 0 Å². The first-order valence-corrected chi connectivity index (χ1v) is 8.74. The van der Waals surface area contributed by atoms with Gasteiger partial charge >= 0.3 is 5.97 Å². The number of amides is 1. The van der Waals surface area contributed by atoms with Crippen molar-refractivity contribution in [1.82, 2.24) is 4.90 Å². The van der Waals surface area contributed by atoms with Gasteiger partial charge in [-0.15, -0.1) is 0 Å². The van der Waals surface area contributed by atoms with E-state index >= 15 is 0 Å². The normalized spacial score (nSPS) is 20.1. The minimum atomic E-state index is -3.21. The number of hydrogen-bond acceptors (Lipinski definition) is 4. The minimum absolute atomic E-state index is 0.0430. The second-order valence-electron chi connectivity index (χ2n) is 5.78. The Morgan fingerprint density at radius 3 is 2.55 bits per heavy atom. The molecule has 1 amide bonds. The number of aliphatic carboxylic acids is 1. The van der Waals surface area contributed by atoms with Crippen LogP contribution >= 0.6 is 0 Å². The number of likely N-dealkylation sites (tertiary alicyclic amines) is 1. The van der Waals surface area contributed by atoms with Gasteiger partial charge in [0.25, 0.3) is 0 Å². The predicted octanol–water partition coefficient (Wildman–Crippen LogP) is 0.770. The first kappa shape index (κ1) is 16.9. The van der Waals surface area contributed by atoms with Crippen molar-refractivity contribution < 1.29 is 23.1 Å². The number of sulfone groups is 1. The summed E-state index contributed by atoms with van der Waals surface area (Å²) in [4.78, 5) is 24.4. The van der Waals surface area contributed by atoms with E-state index in [1.807, 2.05) is 13.8 Å². The molecule has 0 radical (unpaired) electrons. The molecule has 0 aromatic heterocycles. The summed E-state index contributed by atoms with van der Waals surface area (Å²) >= 11 is 0. The number of carbonyl (C=O) groups is 2. The van der Waals surface area contributed by atoms with Gasteiger partial charge in [-0.3, -0.25) is 9.59 Å². The van der Waals surface area contributed by atoms with Crippen molar-refractivity contribution in [3.63, 3.8) is 0 Å². The quantitative estimate of drug-likeness (QED) is 0.782. The van der Waals surface area contributed by atoms with Gasteiger partial charge in [-0.25, -0.2) is 8.42 Å². The maximum atomic E-state index is 12.0. The molecule has 0 aromatic rings. The Labute approximate surface area is 120 Å². The van der Waals surface area contributed by atoms with Crippen LogP contribution in [0.2, 0.25) is 0 Å². The molecule has 6 nitrogen and oxygen atoms in total. The molecule has 1 saturated heterocycles. The highest BCUT2D eigenvalue weighted by molar-refractivity contribution is 7.91. The molecule has 0 saturated carbocycles. The topological polar surface area (TPSA) is 91.8 Å². The molecule has 0 spiro atoms. The molecule has 1 heterocycles. The zero-order chi connectivity index (χ0) is 15.3. The predicted molar refractivity (Wildman–Crippen MR) is 75.0 cm³/mol. The van der Waals surface area contributed by atoms with Gasteiger partial charge in [-0.05, 0) is 18.8 Å². The number of carboxylic acids is 1. The van der Waals surface area contributed by atoms with E-state index < -0.39 is 21.7 Å². The fourth-order valence-corrected chi connectivity index (χ4v) is 4.07. The average molecular weight is 305 g/mol. The van der Waals surface area contributed by atoms with Gasteiger partial charge in [0.05, 0.1) is 17.4 Å². The molecule has 116 valence electrons. The molecule has 1 aliphatic heterocycles. The largest absolute Gasteiger partial charge is 0.481 e. The summed E-state index contributed by atoms with van der Waals surface area (Å²) in [6.07, 6.45) is 1.17. The Morgan fingerprint density at radius 2 is 2.00 bits per heavy atom. The van der Waals surface area contributed by atoms with E-state index in [1.54, 1.807) is 0 Å². The number of piperidine rings is 1. The van der Waals surface area contributed by atoms with E-state index in [2.05, 4.69) is 0 Å². The number of rotatable bonds is 6. The molecule has 0 aromatic carbocycles. The molecule has 1 fully saturated rings. The summed E-state index contributed by atoms with van der Waals surface area (Å²) in [5, 5.41) is 8.96. The SMILES string of the molecule is CC(C)CS(=O)(=O)CCC(=O)N1CCCC(C(=O)O)C1. The van der Waals surface area contributed by atoms with Crippen molar-refractivity contribution in [1.29, 1.82) is 0 Å². The van der Waals surface area contributed by atoms with E-state index in [0.717, 1.165) is 0 Å². The highest BCUT2D eigenvalue weighted by atomic mass is 32.2. The Bertz CT molecular complexity index is 457. The molecular formula is C13H23NO5S. The van der Waals surface area contributed by atoms with Gasteiger partial charge in [0.1, 0.15) is 0 Å². The first-order chi connectivity index (χ1) is 9.21. The van der Waals surface area contributed by atoms with Crippen molar-refractivity contribution in [2.45, 2.75) is 33.1 Å². The van der Waals surface area contributed by atoms with Crippen molar-refractivity contribution in [3.05, 3.63) is 0 Å². The third-order valence-electron chi connectivity index (χ3n) is 3.34. The molecule has 1 atom stereocenters. The van der Waals surface area contributed by atoms with Crippen LogP contribution < -0.4 is 0 Å². The Balaban J connectivity index is 2.48. The number of carboxylic acid groups (broad SMARTS) is 1. The maximum absolute atomic E-state index is 12.0. The monoisotopic (exact) mass is 305 g/mol. The molecule has 20 heavy (non-hydrogen) atoms. The lowest BCUT2D eigenvalue weighted by Gasteiger charge is -2.30. The Kier molecular flexibility index (Phi) is 5.98. The van der Waals surface area contributed by atoms with Crippen molar-refractivity contribution in [2.75, 3.05) is 24.6 Å². The Hall–Kier alpha value is -1.11. The van der Waals surface area contributed by atoms with Crippen LogP contribution in [0.1, 0.15) is 33.1 Å². The summed E-state index contributed by atoms with van der Waals surface area (Å²) in [6, 6.07) is 0. The smallest absolute Gasteiger partial charge is 0.308 e. The van der Waals surface area contributed by atoms with Crippen molar-refractivity contribution >= 4 is 21.7 Å². The first-order valence-electron chi connectivity index (χ1n) is 6.92. The number of nitrogens with zero attached hydrogens (tertiary/aromatic N) is 1. The van der Waals surface area contributed by atoms with Crippen molar-refractivity contribution in [3.8, 4) is 0 Å². The van der Waals surface area contributed by atoms with Gasteiger partial charge < -0.3 is 10.0 Å². The lowest BCUT2D eigenvalue weighted by molar-refractivity contribution is -0.145. The zero-order valence-electron chi connectivity index (χ0n) is 12.0. The lowest BCUT2D eigenvalue weighted by atomic mass is 9.98. The van der Waals surface area contributed by atoms with Gasteiger partial charge in [0.2, 0.25) is 5.91 Å². The molecule has 1 rings (SSSR count). The van der Waals surface area contributed by atoms with Crippen LogP contribution in [0.4, 0.5) is 0 Å². The van der Waals surface area contributed by atoms with Gasteiger partial charge in [0.15, 0.2) is 9.84 Å². The Morgan fingerprint density at radius 1 is 1.35 bits per heavy atom. The highest BCUT2D eigenvalue weighted by Crippen LogP contribution is 2.17. The molecule has 1 N–H and O–H groups in total. The van der Waals surface area contributed by atoms with Crippen LogP contribution in [-0.4, -0.2) is 54.9 Å². The van der Waals surface area contributed by atoms with E-state index in [0.29, 0.717) is 19.4 Å². The third-order valence-corrected chi connectivity index (χ3v) is 5.34.